The third-order valence-electron chi connectivity index (χ3n) is 4.94. The van der Waals surface area contributed by atoms with Crippen molar-refractivity contribution in [2.75, 3.05) is 0 Å². The van der Waals surface area contributed by atoms with E-state index in [-0.39, 0.29) is 0 Å². The molecule has 0 aliphatic heterocycles. The monoisotopic (exact) mass is 275 g/mol. The van der Waals surface area contributed by atoms with Crippen molar-refractivity contribution in [1.82, 2.24) is 9.78 Å². The Labute approximate surface area is 121 Å². The van der Waals surface area contributed by atoms with E-state index in [4.69, 9.17) is 0 Å². The number of nitrogens with zero attached hydrogens (tertiary/aromatic N) is 3. The second-order valence-electron chi connectivity index (χ2n) is 6.32. The largest absolute Gasteiger partial charge is 0.385 e. The molecule has 1 aromatic heterocycles. The molecule has 0 aromatic carbocycles. The van der Waals surface area contributed by atoms with Crippen molar-refractivity contribution < 1.29 is 5.11 Å². The molecule has 20 heavy (non-hydrogen) atoms. The minimum atomic E-state index is -0.733. The van der Waals surface area contributed by atoms with Crippen LogP contribution in [-0.4, -0.2) is 14.9 Å². The average molecular weight is 275 g/mol. The van der Waals surface area contributed by atoms with Crippen LogP contribution >= 0.6 is 0 Å². The summed E-state index contributed by atoms with van der Waals surface area (Å²) in [6.07, 6.45) is 4.59. The van der Waals surface area contributed by atoms with Crippen LogP contribution in [0.5, 0.6) is 0 Å². The lowest BCUT2D eigenvalue weighted by Gasteiger charge is -2.39. The Morgan fingerprint density at radius 2 is 2.15 bits per heavy atom. The van der Waals surface area contributed by atoms with Crippen LogP contribution in [0.4, 0.5) is 0 Å². The summed E-state index contributed by atoms with van der Waals surface area (Å²) in [6.45, 7) is 7.20. The van der Waals surface area contributed by atoms with Gasteiger partial charge in [-0.1, -0.05) is 13.8 Å². The third-order valence-corrected chi connectivity index (χ3v) is 4.94. The molecule has 1 saturated carbocycles. The number of hydrogen-bond donors (Lipinski definition) is 1. The molecule has 110 valence electrons. The zero-order chi connectivity index (χ0) is 14.8. The fraction of sp³-hybridized carbons (Fsp3) is 0.750. The van der Waals surface area contributed by atoms with Gasteiger partial charge < -0.3 is 5.11 Å². The van der Waals surface area contributed by atoms with Gasteiger partial charge in [-0.15, -0.1) is 0 Å². The van der Waals surface area contributed by atoms with Gasteiger partial charge in [0.1, 0.15) is 6.10 Å². The molecule has 0 saturated heterocycles. The number of hydrogen-bond acceptors (Lipinski definition) is 3. The topological polar surface area (TPSA) is 61.8 Å². The van der Waals surface area contributed by atoms with Crippen LogP contribution in [0.2, 0.25) is 0 Å². The number of aromatic nitrogens is 2. The van der Waals surface area contributed by atoms with Gasteiger partial charge in [0.2, 0.25) is 0 Å². The lowest BCUT2D eigenvalue weighted by atomic mass is 9.65. The molecule has 4 nitrogen and oxygen atoms in total. The first kappa shape index (κ1) is 15.1. The summed E-state index contributed by atoms with van der Waals surface area (Å²) in [5, 5.41) is 24.6. The molecule has 4 heteroatoms. The Bertz CT molecular complexity index is 478. The molecular weight excluding hydrogens is 250 g/mol. The Kier molecular flexibility index (Phi) is 4.49. The minimum Gasteiger partial charge on any atom is -0.385 e. The molecular formula is C16H25N3O. The quantitative estimate of drug-likeness (QED) is 0.917. The Balaban J connectivity index is 2.19. The Morgan fingerprint density at radius 1 is 1.50 bits per heavy atom. The molecule has 0 spiro atoms. The van der Waals surface area contributed by atoms with Crippen LogP contribution in [0.3, 0.4) is 0 Å². The standard InChI is InChI=1S/C16H25N3O/c1-4-19-14(7-10-18-19)15(20)16(11-17)8-5-13(6-9-16)12(2)3/h7,10,12-13,15,20H,4-6,8-9H2,1-3H3. The normalized spacial score (nSPS) is 28.3. The van der Waals surface area contributed by atoms with Crippen molar-refractivity contribution in [1.29, 1.82) is 5.26 Å². The number of aliphatic hydroxyl groups excluding tert-OH is 1. The fourth-order valence-electron chi connectivity index (χ4n) is 3.39. The van der Waals surface area contributed by atoms with Gasteiger partial charge >= 0.3 is 0 Å². The van der Waals surface area contributed by atoms with E-state index in [1.807, 2.05) is 13.0 Å². The van der Waals surface area contributed by atoms with Crippen molar-refractivity contribution in [3.8, 4) is 6.07 Å². The van der Waals surface area contributed by atoms with Gasteiger partial charge in [-0.05, 0) is 50.5 Å². The first-order chi connectivity index (χ1) is 9.54. The van der Waals surface area contributed by atoms with E-state index in [0.717, 1.165) is 37.9 Å². The van der Waals surface area contributed by atoms with Gasteiger partial charge in [0.15, 0.2) is 0 Å². The second kappa shape index (κ2) is 5.97. The van der Waals surface area contributed by atoms with Crippen molar-refractivity contribution in [3.05, 3.63) is 18.0 Å². The van der Waals surface area contributed by atoms with Gasteiger partial charge in [0, 0.05) is 12.7 Å². The Morgan fingerprint density at radius 3 is 2.65 bits per heavy atom. The lowest BCUT2D eigenvalue weighted by Crippen LogP contribution is -2.34. The van der Waals surface area contributed by atoms with Crippen LogP contribution in [0.1, 0.15) is 58.3 Å². The molecule has 1 aromatic rings. The summed E-state index contributed by atoms with van der Waals surface area (Å²) in [6, 6.07) is 4.26. The molecule has 2 rings (SSSR count). The molecule has 1 atom stereocenters. The van der Waals surface area contributed by atoms with Gasteiger partial charge in [-0.25, -0.2) is 0 Å². The van der Waals surface area contributed by atoms with Gasteiger partial charge in [0.25, 0.3) is 0 Å². The molecule has 1 N–H and O–H groups in total. The van der Waals surface area contributed by atoms with Crippen molar-refractivity contribution in [3.63, 3.8) is 0 Å². The lowest BCUT2D eigenvalue weighted by molar-refractivity contribution is 0.0133. The summed E-state index contributed by atoms with van der Waals surface area (Å²) in [5.41, 5.74) is 0.135. The van der Waals surface area contributed by atoms with E-state index in [0.29, 0.717) is 11.8 Å². The molecule has 1 aliphatic carbocycles. The van der Waals surface area contributed by atoms with Gasteiger partial charge in [0.05, 0.1) is 17.2 Å². The SMILES string of the molecule is CCn1nccc1C(O)C1(C#N)CCC(C(C)C)CC1. The third kappa shape index (κ3) is 2.60. The van der Waals surface area contributed by atoms with Crippen LogP contribution in [0.15, 0.2) is 12.3 Å². The summed E-state index contributed by atoms with van der Waals surface area (Å²) < 4.78 is 1.79. The predicted octanol–water partition coefficient (Wildman–Crippen LogP) is 3.29. The molecule has 0 bridgehead atoms. The van der Waals surface area contributed by atoms with Crippen LogP contribution in [-0.2, 0) is 6.54 Å². The van der Waals surface area contributed by atoms with E-state index in [9.17, 15) is 10.4 Å². The highest BCUT2D eigenvalue weighted by molar-refractivity contribution is 5.16. The highest BCUT2D eigenvalue weighted by atomic mass is 16.3. The van der Waals surface area contributed by atoms with Crippen LogP contribution in [0, 0.1) is 28.6 Å². The number of rotatable bonds is 4. The molecule has 0 amide bonds. The van der Waals surface area contributed by atoms with Crippen molar-refractivity contribution in [2.45, 2.75) is 59.1 Å². The van der Waals surface area contributed by atoms with E-state index in [1.54, 1.807) is 10.9 Å². The van der Waals surface area contributed by atoms with Crippen molar-refractivity contribution in [2.24, 2.45) is 17.3 Å². The van der Waals surface area contributed by atoms with E-state index in [2.05, 4.69) is 25.0 Å². The highest BCUT2D eigenvalue weighted by Crippen LogP contribution is 2.48. The fourth-order valence-corrected chi connectivity index (χ4v) is 3.39. The molecule has 1 heterocycles. The molecule has 1 unspecified atom stereocenters. The Hall–Kier alpha value is -1.34. The first-order valence-corrected chi connectivity index (χ1v) is 7.65. The maximum absolute atomic E-state index is 10.7. The highest BCUT2D eigenvalue weighted by Gasteiger charge is 2.43. The maximum atomic E-state index is 10.7. The maximum Gasteiger partial charge on any atom is 0.114 e. The summed E-state index contributed by atoms with van der Waals surface area (Å²) in [5.74, 6) is 1.34. The molecule has 1 fully saturated rings. The second-order valence-corrected chi connectivity index (χ2v) is 6.32. The average Bonchev–Trinajstić information content (AvgIpc) is 2.94. The molecule has 1 aliphatic rings. The van der Waals surface area contributed by atoms with Gasteiger partial charge in [-0.2, -0.15) is 10.4 Å². The van der Waals surface area contributed by atoms with Gasteiger partial charge in [-0.3, -0.25) is 4.68 Å². The summed E-state index contributed by atoms with van der Waals surface area (Å²) in [4.78, 5) is 0. The predicted molar refractivity (Wildman–Crippen MR) is 77.7 cm³/mol. The smallest absolute Gasteiger partial charge is 0.114 e. The zero-order valence-electron chi connectivity index (χ0n) is 12.7. The zero-order valence-corrected chi connectivity index (χ0v) is 12.7. The van der Waals surface area contributed by atoms with Crippen molar-refractivity contribution >= 4 is 0 Å². The van der Waals surface area contributed by atoms with E-state index in [1.165, 1.54) is 0 Å². The number of aliphatic hydroxyl groups is 1. The number of aryl methyl sites for hydroxylation is 1. The first-order valence-electron chi connectivity index (χ1n) is 7.65. The van der Waals surface area contributed by atoms with E-state index >= 15 is 0 Å². The van der Waals surface area contributed by atoms with E-state index < -0.39 is 11.5 Å². The number of nitriles is 1. The van der Waals surface area contributed by atoms with Crippen LogP contribution in [0.25, 0.3) is 0 Å². The minimum absolute atomic E-state index is 0.641. The summed E-state index contributed by atoms with van der Waals surface area (Å²) in [7, 11) is 0. The molecule has 0 radical (unpaired) electrons. The summed E-state index contributed by atoms with van der Waals surface area (Å²) >= 11 is 0. The van der Waals surface area contributed by atoms with Crippen LogP contribution < -0.4 is 0 Å².